The predicted octanol–water partition coefficient (Wildman–Crippen LogP) is 4.05. The number of phenols is 1. The van der Waals surface area contributed by atoms with Crippen LogP contribution in [-0.4, -0.2) is 25.3 Å². The highest BCUT2D eigenvalue weighted by Crippen LogP contribution is 2.26. The Labute approximate surface area is 149 Å². The van der Waals surface area contributed by atoms with Gasteiger partial charge in [-0.2, -0.15) is 0 Å². The van der Waals surface area contributed by atoms with Gasteiger partial charge in [0.05, 0.1) is 11.9 Å². The lowest BCUT2D eigenvalue weighted by Gasteiger charge is -2.08. The highest BCUT2D eigenvalue weighted by atomic mass is 16.3. The van der Waals surface area contributed by atoms with Crippen LogP contribution in [0.4, 0.5) is 11.5 Å². The quantitative estimate of drug-likeness (QED) is 0.431. The van der Waals surface area contributed by atoms with Gasteiger partial charge >= 0.3 is 0 Å². The number of carbonyl (C=O) groups is 1. The van der Waals surface area contributed by atoms with Crippen molar-refractivity contribution in [3.63, 3.8) is 0 Å². The number of hydrogen-bond acceptors (Lipinski definition) is 5. The van der Waals surface area contributed by atoms with E-state index in [9.17, 15) is 9.90 Å². The minimum absolute atomic E-state index is 0.0250. The molecule has 0 amide bonds. The number of aromatic nitrogens is 3. The first kappa shape index (κ1) is 15.8. The molecular formula is C20H16N4O2. The first-order chi connectivity index (χ1) is 12.6. The molecule has 6 heteroatoms. The number of fused-ring (bicyclic) bond motifs is 1. The fraction of sp³-hybridized carbons (Fsp3) is 0.0500. The SMILES string of the molecule is CC(=O)c1cccc(-c2cnc3c(Nc4ccc(O)cc4)nccn23)c1. The summed E-state index contributed by atoms with van der Waals surface area (Å²) in [6.45, 7) is 1.55. The third kappa shape index (κ3) is 2.88. The maximum atomic E-state index is 11.7. The molecule has 4 rings (SSSR count). The molecule has 2 heterocycles. The van der Waals surface area contributed by atoms with Crippen molar-refractivity contribution in [2.75, 3.05) is 5.32 Å². The minimum atomic E-state index is 0.0250. The molecule has 0 fully saturated rings. The molecule has 2 N–H and O–H groups in total. The second-order valence-electron chi connectivity index (χ2n) is 5.92. The summed E-state index contributed by atoms with van der Waals surface area (Å²) in [6.07, 6.45) is 5.29. The van der Waals surface area contributed by atoms with Crippen molar-refractivity contribution in [1.29, 1.82) is 0 Å². The van der Waals surface area contributed by atoms with Crippen molar-refractivity contribution < 1.29 is 9.90 Å². The number of phenolic OH excluding ortho intramolecular Hbond substituents is 1. The van der Waals surface area contributed by atoms with E-state index in [0.717, 1.165) is 16.9 Å². The number of benzene rings is 2. The van der Waals surface area contributed by atoms with Crippen LogP contribution >= 0.6 is 0 Å². The molecular weight excluding hydrogens is 328 g/mol. The van der Waals surface area contributed by atoms with Gasteiger partial charge in [0.2, 0.25) is 0 Å². The van der Waals surface area contributed by atoms with Crippen molar-refractivity contribution in [1.82, 2.24) is 14.4 Å². The molecule has 0 unspecified atom stereocenters. The van der Waals surface area contributed by atoms with Gasteiger partial charge in [0.25, 0.3) is 0 Å². The Morgan fingerprint density at radius 3 is 2.69 bits per heavy atom. The van der Waals surface area contributed by atoms with Gasteiger partial charge in [-0.1, -0.05) is 18.2 Å². The normalized spacial score (nSPS) is 10.8. The van der Waals surface area contributed by atoms with E-state index in [1.807, 2.05) is 28.8 Å². The van der Waals surface area contributed by atoms with Crippen LogP contribution < -0.4 is 5.32 Å². The highest BCUT2D eigenvalue weighted by Gasteiger charge is 2.11. The lowest BCUT2D eigenvalue weighted by Crippen LogP contribution is -1.98. The fourth-order valence-electron chi connectivity index (χ4n) is 2.80. The first-order valence-corrected chi connectivity index (χ1v) is 8.11. The van der Waals surface area contributed by atoms with E-state index < -0.39 is 0 Å². The van der Waals surface area contributed by atoms with Crippen LogP contribution in [0.2, 0.25) is 0 Å². The summed E-state index contributed by atoms with van der Waals surface area (Å²) in [6, 6.07) is 14.2. The molecule has 0 aliphatic rings. The average molecular weight is 344 g/mol. The Morgan fingerprint density at radius 1 is 1.12 bits per heavy atom. The lowest BCUT2D eigenvalue weighted by molar-refractivity contribution is 0.101. The van der Waals surface area contributed by atoms with Crippen LogP contribution in [-0.2, 0) is 0 Å². The molecule has 0 saturated heterocycles. The van der Waals surface area contributed by atoms with Crippen molar-refractivity contribution >= 4 is 22.9 Å². The largest absolute Gasteiger partial charge is 0.508 e. The van der Waals surface area contributed by atoms with Gasteiger partial charge in [-0.3, -0.25) is 9.20 Å². The van der Waals surface area contributed by atoms with Gasteiger partial charge < -0.3 is 10.4 Å². The fourth-order valence-corrected chi connectivity index (χ4v) is 2.80. The third-order valence-corrected chi connectivity index (χ3v) is 4.12. The number of rotatable bonds is 4. The van der Waals surface area contributed by atoms with Crippen molar-refractivity contribution in [3.8, 4) is 17.0 Å². The number of nitrogens with one attached hydrogen (secondary N) is 1. The molecule has 0 aliphatic carbocycles. The van der Waals surface area contributed by atoms with Crippen molar-refractivity contribution in [3.05, 3.63) is 72.7 Å². The van der Waals surface area contributed by atoms with Gasteiger partial charge in [0.1, 0.15) is 5.75 Å². The molecule has 2 aromatic heterocycles. The Hall–Kier alpha value is -3.67. The van der Waals surface area contributed by atoms with Gasteiger partial charge in [-0.25, -0.2) is 9.97 Å². The van der Waals surface area contributed by atoms with E-state index in [0.29, 0.717) is 17.0 Å². The summed E-state index contributed by atoms with van der Waals surface area (Å²) in [4.78, 5) is 20.5. The maximum Gasteiger partial charge on any atom is 0.180 e. The van der Waals surface area contributed by atoms with Crippen LogP contribution in [0, 0.1) is 0 Å². The summed E-state index contributed by atoms with van der Waals surface area (Å²) in [5, 5.41) is 12.6. The molecule has 0 atom stereocenters. The number of aromatic hydroxyl groups is 1. The molecule has 0 spiro atoms. The second-order valence-corrected chi connectivity index (χ2v) is 5.92. The summed E-state index contributed by atoms with van der Waals surface area (Å²) in [7, 11) is 0. The zero-order valence-corrected chi connectivity index (χ0v) is 14.0. The predicted molar refractivity (Wildman–Crippen MR) is 99.8 cm³/mol. The lowest BCUT2D eigenvalue weighted by atomic mass is 10.1. The summed E-state index contributed by atoms with van der Waals surface area (Å²) in [5.74, 6) is 0.833. The van der Waals surface area contributed by atoms with E-state index in [1.165, 1.54) is 0 Å². The number of Topliss-reactive ketones (excluding diaryl/α,β-unsaturated/α-hetero) is 1. The zero-order chi connectivity index (χ0) is 18.1. The number of anilines is 2. The molecule has 0 aliphatic heterocycles. The summed E-state index contributed by atoms with van der Waals surface area (Å²) >= 11 is 0. The molecule has 4 aromatic rings. The van der Waals surface area contributed by atoms with Gasteiger partial charge in [0, 0.05) is 29.2 Å². The number of carbonyl (C=O) groups excluding carboxylic acids is 1. The number of ketones is 1. The maximum absolute atomic E-state index is 11.7. The minimum Gasteiger partial charge on any atom is -0.508 e. The van der Waals surface area contributed by atoms with E-state index >= 15 is 0 Å². The smallest absolute Gasteiger partial charge is 0.180 e. The molecule has 0 radical (unpaired) electrons. The van der Waals surface area contributed by atoms with E-state index in [1.54, 1.807) is 49.6 Å². The van der Waals surface area contributed by atoms with E-state index in [-0.39, 0.29) is 11.5 Å². The number of imidazole rings is 1. The van der Waals surface area contributed by atoms with E-state index in [2.05, 4.69) is 15.3 Å². The molecule has 128 valence electrons. The highest BCUT2D eigenvalue weighted by molar-refractivity contribution is 5.95. The zero-order valence-electron chi connectivity index (χ0n) is 14.0. The van der Waals surface area contributed by atoms with Gasteiger partial charge in [-0.15, -0.1) is 0 Å². The standard InChI is InChI=1S/C20H16N4O2/c1-13(25)14-3-2-4-15(11-14)18-12-22-20-19(21-9-10-24(18)20)23-16-5-7-17(26)8-6-16/h2-12,26H,1H3,(H,21,23). The third-order valence-electron chi connectivity index (χ3n) is 4.12. The Morgan fingerprint density at radius 2 is 1.92 bits per heavy atom. The second kappa shape index (κ2) is 6.33. The Bertz CT molecular complexity index is 1100. The van der Waals surface area contributed by atoms with Crippen molar-refractivity contribution in [2.45, 2.75) is 6.92 Å². The number of hydrogen-bond donors (Lipinski definition) is 2. The monoisotopic (exact) mass is 344 g/mol. The van der Waals surface area contributed by atoms with Crippen LogP contribution in [0.5, 0.6) is 5.75 Å². The van der Waals surface area contributed by atoms with Crippen molar-refractivity contribution in [2.24, 2.45) is 0 Å². The Kier molecular flexibility index (Phi) is 3.85. The van der Waals surface area contributed by atoms with Crippen LogP contribution in [0.1, 0.15) is 17.3 Å². The van der Waals surface area contributed by atoms with Crippen LogP contribution in [0.15, 0.2) is 67.1 Å². The molecule has 26 heavy (non-hydrogen) atoms. The Balaban J connectivity index is 1.76. The molecule has 6 nitrogen and oxygen atoms in total. The average Bonchev–Trinajstić information content (AvgIpc) is 3.09. The van der Waals surface area contributed by atoms with Crippen LogP contribution in [0.25, 0.3) is 16.9 Å². The summed E-state index contributed by atoms with van der Waals surface area (Å²) in [5.41, 5.74) is 3.91. The molecule has 0 saturated carbocycles. The van der Waals surface area contributed by atoms with E-state index in [4.69, 9.17) is 0 Å². The topological polar surface area (TPSA) is 79.5 Å². The molecule has 2 aromatic carbocycles. The number of nitrogens with zero attached hydrogens (tertiary/aromatic N) is 3. The van der Waals surface area contributed by atoms with Gasteiger partial charge in [-0.05, 0) is 37.3 Å². The van der Waals surface area contributed by atoms with Gasteiger partial charge in [0.15, 0.2) is 17.2 Å². The van der Waals surface area contributed by atoms with Crippen LogP contribution in [0.3, 0.4) is 0 Å². The summed E-state index contributed by atoms with van der Waals surface area (Å²) < 4.78 is 1.93. The molecule has 0 bridgehead atoms. The first-order valence-electron chi connectivity index (χ1n) is 8.11.